The monoisotopic (exact) mass is 510 g/mol. The minimum absolute atomic E-state index is 0.0142. The summed E-state index contributed by atoms with van der Waals surface area (Å²) in [4.78, 5) is 46.9. The van der Waals surface area contributed by atoms with E-state index in [1.54, 1.807) is 42.5 Å². The van der Waals surface area contributed by atoms with Crippen LogP contribution < -0.4 is 0 Å². The van der Waals surface area contributed by atoms with Crippen LogP contribution >= 0.6 is 0 Å². The molecule has 4 aromatic rings. The zero-order valence-corrected chi connectivity index (χ0v) is 21.2. The minimum atomic E-state index is -0.779. The van der Waals surface area contributed by atoms with Crippen molar-refractivity contribution in [2.75, 3.05) is 20.2 Å². The number of aromatic amines is 1. The maximum Gasteiger partial charge on any atom is 0.387 e. The lowest BCUT2D eigenvalue weighted by Gasteiger charge is -2.36. The molecule has 1 amide bonds. The van der Waals surface area contributed by atoms with Gasteiger partial charge in [-0.25, -0.2) is 14.1 Å². The second-order valence-corrected chi connectivity index (χ2v) is 9.31. The molecule has 2 N–H and O–H groups in total. The Kier molecular flexibility index (Phi) is 6.65. The molecule has 1 fully saturated rings. The number of hydrogen-bond donors (Lipinski definition) is 2. The molecule has 8 heteroatoms. The largest absolute Gasteiger partial charge is 0.505 e. The Hall–Kier alpha value is -4.56. The highest BCUT2D eigenvalue weighted by Crippen LogP contribution is 2.45. The van der Waals surface area contributed by atoms with Crippen molar-refractivity contribution in [1.29, 1.82) is 0 Å². The number of amides is 1. The molecule has 0 aliphatic carbocycles. The number of likely N-dealkylation sites (tertiary alicyclic amines) is 1. The molecule has 5 rings (SSSR count). The highest BCUT2D eigenvalue weighted by atomic mass is 16.5. The van der Waals surface area contributed by atoms with E-state index in [4.69, 9.17) is 4.74 Å². The number of H-pyrrole nitrogens is 1. The number of methoxy groups -OCH3 is 1. The van der Waals surface area contributed by atoms with Gasteiger partial charge in [-0.15, -0.1) is 0 Å². The predicted molar refractivity (Wildman–Crippen MR) is 142 cm³/mol. The summed E-state index contributed by atoms with van der Waals surface area (Å²) in [6.07, 6.45) is 3.99. The van der Waals surface area contributed by atoms with E-state index in [-0.39, 0.29) is 21.5 Å². The van der Waals surface area contributed by atoms with Gasteiger partial charge in [-0.05, 0) is 42.8 Å². The number of esters is 1. The summed E-state index contributed by atoms with van der Waals surface area (Å²) in [5.41, 5.74) is 3.25. The Morgan fingerprint density at radius 1 is 1.05 bits per heavy atom. The third-order valence-electron chi connectivity index (χ3n) is 7.44. The zero-order valence-electron chi connectivity index (χ0n) is 21.2. The quantitative estimate of drug-likeness (QED) is 0.124. The van der Waals surface area contributed by atoms with Gasteiger partial charge >= 0.3 is 11.9 Å². The summed E-state index contributed by atoms with van der Waals surface area (Å²) >= 11 is 0. The van der Waals surface area contributed by atoms with Gasteiger partial charge in [0.05, 0.1) is 25.8 Å². The first-order valence-electron chi connectivity index (χ1n) is 12.4. The zero-order chi connectivity index (χ0) is 26.9. The number of aliphatic hydroxyl groups excluding tert-OH is 1. The van der Waals surface area contributed by atoms with E-state index in [1.165, 1.54) is 13.3 Å². The molecule has 0 saturated carbocycles. The number of nitrogens with zero attached hydrogens (tertiary/aromatic N) is 2. The van der Waals surface area contributed by atoms with Gasteiger partial charge in [0, 0.05) is 35.3 Å². The van der Waals surface area contributed by atoms with Crippen molar-refractivity contribution in [1.82, 2.24) is 9.97 Å². The molecule has 1 aliphatic rings. The number of aliphatic hydroxyl groups is 1. The van der Waals surface area contributed by atoms with Gasteiger partial charge in [-0.1, -0.05) is 36.4 Å². The highest BCUT2D eigenvalue weighted by molar-refractivity contribution is 6.43. The van der Waals surface area contributed by atoms with E-state index < -0.39 is 23.7 Å². The molecule has 0 spiro atoms. The number of benzene rings is 2. The summed E-state index contributed by atoms with van der Waals surface area (Å²) in [5.74, 6) is -2.10. The lowest BCUT2D eigenvalue weighted by Crippen LogP contribution is -2.52. The summed E-state index contributed by atoms with van der Waals surface area (Å²) < 4.78 is 4.63. The molecule has 2 atom stereocenters. The molecule has 2 aromatic carbocycles. The first-order chi connectivity index (χ1) is 18.4. The average molecular weight is 511 g/mol. The van der Waals surface area contributed by atoms with Crippen LogP contribution in [0.2, 0.25) is 0 Å². The summed E-state index contributed by atoms with van der Waals surface area (Å²) in [5, 5.41) is 12.4. The minimum Gasteiger partial charge on any atom is -0.505 e. The fourth-order valence-corrected chi connectivity index (χ4v) is 5.43. The Balaban J connectivity index is 1.64. The van der Waals surface area contributed by atoms with E-state index in [2.05, 4.69) is 9.97 Å². The van der Waals surface area contributed by atoms with Gasteiger partial charge in [-0.3, -0.25) is 9.78 Å². The van der Waals surface area contributed by atoms with Crippen LogP contribution in [0.4, 0.5) is 0 Å². The number of aromatic nitrogens is 2. The van der Waals surface area contributed by atoms with Crippen LogP contribution in [-0.2, 0) is 20.7 Å². The number of nitrogens with one attached hydrogen (secondary N) is 1. The van der Waals surface area contributed by atoms with Crippen LogP contribution in [-0.4, -0.2) is 57.4 Å². The molecule has 0 radical (unpaired) electrons. The molecule has 2 aromatic heterocycles. The Morgan fingerprint density at radius 3 is 2.47 bits per heavy atom. The van der Waals surface area contributed by atoms with Crippen molar-refractivity contribution >= 4 is 34.3 Å². The second-order valence-electron chi connectivity index (χ2n) is 9.31. The predicted octanol–water partition coefficient (Wildman–Crippen LogP) is 4.55. The van der Waals surface area contributed by atoms with Crippen LogP contribution in [0.5, 0.6) is 0 Å². The Bertz CT molecular complexity index is 1560. The molecule has 2 unspecified atom stereocenters. The molecule has 8 nitrogen and oxygen atoms in total. The molecular formula is C30H28N3O5+. The number of carbonyl (C=O) groups excluding carboxylic acids is 3. The summed E-state index contributed by atoms with van der Waals surface area (Å²) in [6.45, 7) is 2.54. The van der Waals surface area contributed by atoms with Crippen molar-refractivity contribution in [2.24, 2.45) is 0 Å². The number of carbonyl (C=O) groups is 3. The number of ether oxygens (including phenoxy) is 1. The van der Waals surface area contributed by atoms with Crippen LogP contribution in [0.3, 0.4) is 0 Å². The normalized spacial score (nSPS) is 20.6. The van der Waals surface area contributed by atoms with Gasteiger partial charge in [0.25, 0.3) is 5.78 Å². The van der Waals surface area contributed by atoms with Gasteiger partial charge < -0.3 is 14.8 Å². The van der Waals surface area contributed by atoms with Gasteiger partial charge in [-0.2, -0.15) is 0 Å². The maximum atomic E-state index is 13.8. The van der Waals surface area contributed by atoms with Crippen molar-refractivity contribution < 1.29 is 28.7 Å². The molecule has 1 saturated heterocycles. The number of Topliss-reactive ketones (excluding diaryl/α,β-unsaturated/α-hetero) is 1. The fourth-order valence-electron chi connectivity index (χ4n) is 5.43. The van der Waals surface area contributed by atoms with Crippen molar-refractivity contribution in [3.63, 3.8) is 0 Å². The lowest BCUT2D eigenvalue weighted by molar-refractivity contribution is -0.870. The summed E-state index contributed by atoms with van der Waals surface area (Å²) in [7, 11) is 1.31. The Labute approximate surface area is 219 Å². The van der Waals surface area contributed by atoms with Crippen molar-refractivity contribution in [3.05, 3.63) is 107 Å². The van der Waals surface area contributed by atoms with Crippen LogP contribution in [0.15, 0.2) is 84.7 Å². The topological polar surface area (TPSA) is 109 Å². The van der Waals surface area contributed by atoms with E-state index in [0.29, 0.717) is 30.6 Å². The number of likely N-dealkylation sites (N-methyl/N-ethyl adjacent to an activating group) is 1. The number of fused-ring (bicyclic) bond motifs is 1. The molecule has 192 valence electrons. The number of ketones is 1. The Morgan fingerprint density at radius 2 is 1.79 bits per heavy atom. The molecular weight excluding hydrogens is 482 g/mol. The van der Waals surface area contributed by atoms with Gasteiger partial charge in [0.1, 0.15) is 11.3 Å². The van der Waals surface area contributed by atoms with Crippen LogP contribution in [0.25, 0.3) is 16.7 Å². The number of para-hydroxylation sites is 1. The van der Waals surface area contributed by atoms with Crippen molar-refractivity contribution in [2.45, 2.75) is 19.4 Å². The van der Waals surface area contributed by atoms with E-state index >= 15 is 0 Å². The van der Waals surface area contributed by atoms with Gasteiger partial charge in [0.15, 0.2) is 11.8 Å². The number of hydrogen-bond acceptors (Lipinski definition) is 6. The highest BCUT2D eigenvalue weighted by Gasteiger charge is 2.59. The fraction of sp³-hybridized carbons (Fsp3) is 0.200. The van der Waals surface area contributed by atoms with E-state index in [0.717, 1.165) is 16.5 Å². The number of rotatable bonds is 7. The second kappa shape index (κ2) is 10.1. The van der Waals surface area contributed by atoms with E-state index in [1.807, 2.05) is 37.4 Å². The SMILES string of the molecule is CC[N+]1(CCc2c[nH]c3ccccc23)C(=O)C(=O)C(=C(O)c2ccccn2)C1c1ccc(C(=O)OC)cc1. The molecule has 0 bridgehead atoms. The number of quaternary nitrogens is 1. The van der Waals surface area contributed by atoms with Crippen LogP contribution in [0, 0.1) is 0 Å². The van der Waals surface area contributed by atoms with Gasteiger partial charge in [0.2, 0.25) is 0 Å². The van der Waals surface area contributed by atoms with Crippen molar-refractivity contribution in [3.8, 4) is 0 Å². The molecule has 38 heavy (non-hydrogen) atoms. The average Bonchev–Trinajstić information content (AvgIpc) is 3.48. The third kappa shape index (κ3) is 4.09. The van der Waals surface area contributed by atoms with E-state index in [9.17, 15) is 19.5 Å². The first-order valence-corrected chi connectivity index (χ1v) is 12.4. The van der Waals surface area contributed by atoms with Crippen LogP contribution in [0.1, 0.15) is 40.1 Å². The smallest absolute Gasteiger partial charge is 0.387 e. The summed E-state index contributed by atoms with van der Waals surface area (Å²) in [6, 6.07) is 18.8. The lowest BCUT2D eigenvalue weighted by atomic mass is 9.94. The maximum absolute atomic E-state index is 13.8. The third-order valence-corrected chi connectivity index (χ3v) is 7.44. The number of pyridine rings is 1. The molecule has 1 aliphatic heterocycles. The first kappa shape index (κ1) is 25.1. The molecule has 3 heterocycles. The standard InChI is InChI=1S/C30H27N3O5/c1-3-33(17-15-21-18-32-23-9-5-4-8-22(21)23)26(19-11-13-20(14-12-19)30(37)38-2)25(28(35)29(33)36)27(34)24-10-6-7-16-31-24/h4-14,16,18,26,32H,3,15,17H2,1-2H3/p+1.